The number of nitrogens with zero attached hydrogens (tertiary/aromatic N) is 2. The van der Waals surface area contributed by atoms with E-state index in [1.807, 2.05) is 43.0 Å². The predicted octanol–water partition coefficient (Wildman–Crippen LogP) is 1.91. The first kappa shape index (κ1) is 34.0. The third kappa shape index (κ3) is 8.42. The van der Waals surface area contributed by atoms with Crippen LogP contribution in [0.25, 0.3) is 10.9 Å². The molecule has 0 bridgehead atoms. The molecule has 5 atom stereocenters. The Balaban J connectivity index is 1.69. The number of carbonyl (C=O) groups is 5. The molecule has 2 aromatic rings. The summed E-state index contributed by atoms with van der Waals surface area (Å²) >= 11 is 0. The molecule has 0 radical (unpaired) electrons. The van der Waals surface area contributed by atoms with Gasteiger partial charge in [-0.2, -0.15) is 4.73 Å². The number of para-hydroxylation sites is 1. The Bertz CT molecular complexity index is 1370. The maximum Gasteiger partial charge on any atom is 0.305 e. The zero-order valence-electron chi connectivity index (χ0n) is 26.8. The monoisotopic (exact) mass is 625 g/mol. The fourth-order valence-electron chi connectivity index (χ4n) is 6.30. The molecule has 0 spiro atoms. The van der Waals surface area contributed by atoms with Gasteiger partial charge in [0.25, 0.3) is 0 Å². The molecule has 12 heteroatoms. The van der Waals surface area contributed by atoms with Gasteiger partial charge in [0.05, 0.1) is 31.3 Å². The Morgan fingerprint density at radius 1 is 0.978 bits per heavy atom. The van der Waals surface area contributed by atoms with Crippen LogP contribution in [0.1, 0.15) is 70.8 Å². The number of ketones is 1. The van der Waals surface area contributed by atoms with E-state index in [9.17, 15) is 24.0 Å². The number of fused-ring (bicyclic) bond motifs is 2. The van der Waals surface area contributed by atoms with Crippen molar-refractivity contribution in [1.82, 2.24) is 25.6 Å². The van der Waals surface area contributed by atoms with Crippen LogP contribution in [0, 0.1) is 5.92 Å². The molecule has 2 fully saturated rings. The highest BCUT2D eigenvalue weighted by Crippen LogP contribution is 2.23. The van der Waals surface area contributed by atoms with E-state index in [0.717, 1.165) is 29.3 Å². The number of Topliss-reactive ketones (excluding diaryl/α,β-unsaturated/α-hetero) is 1. The second-order valence-corrected chi connectivity index (χ2v) is 12.1. The number of rotatable bonds is 10. The molecule has 3 heterocycles. The van der Waals surface area contributed by atoms with Gasteiger partial charge in [-0.3, -0.25) is 28.9 Å². The number of nitrogens with one attached hydrogen (secondary N) is 3. The van der Waals surface area contributed by atoms with Crippen LogP contribution < -0.4 is 20.8 Å². The normalized spacial score (nSPS) is 24.3. The lowest BCUT2D eigenvalue weighted by atomic mass is 9.93. The fraction of sp³-hybridized carbons (Fsp3) is 0.606. The third-order valence-corrected chi connectivity index (χ3v) is 9.13. The van der Waals surface area contributed by atoms with E-state index >= 15 is 0 Å². The van der Waals surface area contributed by atoms with E-state index in [-0.39, 0.29) is 49.4 Å². The smallest absolute Gasteiger partial charge is 0.305 e. The number of carbonyl (C=O) groups excluding carboxylic acids is 5. The molecule has 246 valence electrons. The van der Waals surface area contributed by atoms with Crippen molar-refractivity contribution in [2.24, 2.45) is 5.92 Å². The lowest BCUT2D eigenvalue weighted by Crippen LogP contribution is -2.57. The van der Waals surface area contributed by atoms with E-state index in [0.29, 0.717) is 32.2 Å². The highest BCUT2D eigenvalue weighted by molar-refractivity contribution is 5.97. The second kappa shape index (κ2) is 15.9. The molecule has 2 aliphatic heterocycles. The average Bonchev–Trinajstić information content (AvgIpc) is 3.41. The maximum atomic E-state index is 14.0. The number of ether oxygens (including phenoxy) is 1. The number of methoxy groups -OCH3 is 1. The number of unbranched alkanes of at least 4 members (excludes halogenated alkanes) is 1. The van der Waals surface area contributed by atoms with Crippen molar-refractivity contribution >= 4 is 40.4 Å². The number of aromatic nitrogens is 1. The van der Waals surface area contributed by atoms with Crippen molar-refractivity contribution in [3.8, 4) is 0 Å². The summed E-state index contributed by atoms with van der Waals surface area (Å²) in [6.45, 7) is 4.50. The van der Waals surface area contributed by atoms with Crippen LogP contribution in [0.3, 0.4) is 0 Å². The molecule has 45 heavy (non-hydrogen) atoms. The number of hydrogen-bond donors (Lipinski definition) is 3. The van der Waals surface area contributed by atoms with Crippen LogP contribution in [0.4, 0.5) is 0 Å². The Kier molecular flexibility index (Phi) is 12.0. The molecule has 12 nitrogen and oxygen atoms in total. The Labute approximate surface area is 264 Å². The summed E-state index contributed by atoms with van der Waals surface area (Å²) in [4.78, 5) is 74.4. The largest absolute Gasteiger partial charge is 0.469 e. The summed E-state index contributed by atoms with van der Waals surface area (Å²) in [7, 11) is 2.88. The van der Waals surface area contributed by atoms with E-state index in [4.69, 9.17) is 9.57 Å². The molecule has 3 amide bonds. The number of amides is 3. The van der Waals surface area contributed by atoms with Gasteiger partial charge in [0.2, 0.25) is 17.7 Å². The van der Waals surface area contributed by atoms with Crippen molar-refractivity contribution in [3.05, 3.63) is 36.0 Å². The third-order valence-electron chi connectivity index (χ3n) is 9.13. The van der Waals surface area contributed by atoms with E-state index in [1.165, 1.54) is 7.11 Å². The van der Waals surface area contributed by atoms with Gasteiger partial charge in [-0.25, -0.2) is 0 Å². The van der Waals surface area contributed by atoms with Crippen LogP contribution in [-0.2, 0) is 35.1 Å². The summed E-state index contributed by atoms with van der Waals surface area (Å²) in [5, 5.41) is 9.69. The first-order chi connectivity index (χ1) is 21.7. The zero-order chi connectivity index (χ0) is 32.5. The van der Waals surface area contributed by atoms with Gasteiger partial charge in [-0.15, -0.1) is 0 Å². The van der Waals surface area contributed by atoms with E-state index in [2.05, 4.69) is 16.0 Å². The number of esters is 1. The van der Waals surface area contributed by atoms with Crippen molar-refractivity contribution in [3.63, 3.8) is 0 Å². The fourth-order valence-corrected chi connectivity index (χ4v) is 6.30. The summed E-state index contributed by atoms with van der Waals surface area (Å²) in [6, 6.07) is 4.30. The molecule has 3 N–H and O–H groups in total. The van der Waals surface area contributed by atoms with Crippen LogP contribution in [0.5, 0.6) is 0 Å². The number of benzene rings is 1. The molecule has 0 aliphatic carbocycles. The molecule has 1 aromatic heterocycles. The molecule has 0 saturated carbocycles. The highest BCUT2D eigenvalue weighted by atomic mass is 16.6. The quantitative estimate of drug-likeness (QED) is 0.268. The average molecular weight is 626 g/mol. The van der Waals surface area contributed by atoms with Gasteiger partial charge in [0.15, 0.2) is 5.78 Å². The minimum Gasteiger partial charge on any atom is -0.469 e. The first-order valence-corrected chi connectivity index (χ1v) is 16.0. The maximum absolute atomic E-state index is 14.0. The Hall–Kier alpha value is -3.93. The molecular weight excluding hydrogens is 578 g/mol. The summed E-state index contributed by atoms with van der Waals surface area (Å²) < 4.78 is 6.34. The summed E-state index contributed by atoms with van der Waals surface area (Å²) in [5.41, 5.74) is 1.59. The van der Waals surface area contributed by atoms with Gasteiger partial charge in [-0.1, -0.05) is 51.3 Å². The highest BCUT2D eigenvalue weighted by Gasteiger charge is 2.37. The van der Waals surface area contributed by atoms with E-state index in [1.54, 1.807) is 18.0 Å². The predicted molar refractivity (Wildman–Crippen MR) is 168 cm³/mol. The lowest BCUT2D eigenvalue weighted by molar-refractivity contribution is -0.140. The van der Waals surface area contributed by atoms with Gasteiger partial charge >= 0.3 is 5.97 Å². The zero-order valence-corrected chi connectivity index (χ0v) is 26.8. The number of hydrogen-bond acceptors (Lipinski definition) is 8. The Morgan fingerprint density at radius 3 is 2.44 bits per heavy atom. The molecule has 1 aromatic carbocycles. The van der Waals surface area contributed by atoms with Gasteiger partial charge < -0.3 is 25.5 Å². The van der Waals surface area contributed by atoms with Crippen molar-refractivity contribution in [2.75, 3.05) is 27.3 Å². The number of piperidine rings is 1. The van der Waals surface area contributed by atoms with Crippen LogP contribution in [-0.4, -0.2) is 90.6 Å². The molecule has 4 rings (SSSR count). The second-order valence-electron chi connectivity index (χ2n) is 12.1. The molecule has 2 aliphatic rings. The minimum atomic E-state index is -1.04. The van der Waals surface area contributed by atoms with Gasteiger partial charge in [0, 0.05) is 24.4 Å². The Morgan fingerprint density at radius 2 is 1.71 bits per heavy atom. The van der Waals surface area contributed by atoms with Crippen molar-refractivity contribution in [2.45, 2.75) is 95.8 Å². The van der Waals surface area contributed by atoms with Gasteiger partial charge in [0.1, 0.15) is 19.2 Å². The molecular formula is C33H47N5O7. The van der Waals surface area contributed by atoms with Crippen molar-refractivity contribution in [1.29, 1.82) is 0 Å². The van der Waals surface area contributed by atoms with Crippen LogP contribution in [0.2, 0.25) is 0 Å². The van der Waals surface area contributed by atoms with E-state index < -0.39 is 36.0 Å². The van der Waals surface area contributed by atoms with Crippen molar-refractivity contribution < 1.29 is 33.5 Å². The van der Waals surface area contributed by atoms with Crippen LogP contribution >= 0.6 is 0 Å². The summed E-state index contributed by atoms with van der Waals surface area (Å²) in [5.74, 6) is -1.93. The SMILES string of the molecule is CC[C@H](C)[C@@H]1NC(=O)[C@H](Cc2cn(OC)c3ccccc23)NC(=O)[C@H](CCCCC(=O)OC)NC(=O)[C@H]2CCCCN2CC1=O. The van der Waals surface area contributed by atoms with Crippen LogP contribution in [0.15, 0.2) is 30.5 Å². The molecule has 2 saturated heterocycles. The first-order valence-electron chi connectivity index (χ1n) is 16.0. The molecule has 0 unspecified atom stereocenters. The summed E-state index contributed by atoms with van der Waals surface area (Å²) in [6.07, 6.45) is 6.26. The standard InChI is InChI=1S/C33H47N5O7/c1-5-21(2)30-28(39)20-37-17-11-10-15-27(37)33(43)34-24(13-7-9-16-29(40)44-3)31(41)35-25(32(42)36-30)18-22-19-38(45-4)26-14-8-6-12-23(22)26/h6,8,12,14,19,21,24-25,27,30H,5,7,9-11,13,15-18,20H2,1-4H3,(H,34,43)(H,35,41)(H,36,42)/t21-,24-,25-,27+,30-/m0/s1. The van der Waals surface area contributed by atoms with Gasteiger partial charge in [-0.05, 0) is 49.8 Å². The lowest BCUT2D eigenvalue weighted by Gasteiger charge is -2.36. The topological polar surface area (TPSA) is 148 Å². The minimum absolute atomic E-state index is 0.0323.